The summed E-state index contributed by atoms with van der Waals surface area (Å²) in [5.74, 6) is 1.45. The monoisotopic (exact) mass is 204 g/mol. The highest BCUT2D eigenvalue weighted by Gasteiger charge is 2.05. The van der Waals surface area contributed by atoms with Crippen molar-refractivity contribution in [2.45, 2.75) is 13.5 Å². The first-order valence-electron chi connectivity index (χ1n) is 4.49. The van der Waals surface area contributed by atoms with Crippen LogP contribution in [0.1, 0.15) is 21.5 Å². The summed E-state index contributed by atoms with van der Waals surface area (Å²) in [7, 11) is 0. The number of rotatable bonds is 4. The highest BCUT2D eigenvalue weighted by atomic mass is 16.5. The molecule has 0 aromatic heterocycles. The predicted molar refractivity (Wildman–Crippen MR) is 56.6 cm³/mol. The molecular formula is C12H12O3. The van der Waals surface area contributed by atoms with Gasteiger partial charge in [0.1, 0.15) is 6.61 Å². The molecule has 0 unspecified atom stereocenters. The predicted octanol–water partition coefficient (Wildman–Crippen LogP) is 1.84. The number of aryl methyl sites for hydroxylation is 1. The van der Waals surface area contributed by atoms with E-state index in [1.54, 1.807) is 18.2 Å². The summed E-state index contributed by atoms with van der Waals surface area (Å²) in [5.41, 5.74) is 2.13. The molecule has 1 rings (SSSR count). The zero-order valence-corrected chi connectivity index (χ0v) is 8.49. The molecule has 0 aliphatic rings. The molecule has 15 heavy (non-hydrogen) atoms. The highest BCUT2D eigenvalue weighted by Crippen LogP contribution is 2.12. The molecule has 3 nitrogen and oxygen atoms in total. The van der Waals surface area contributed by atoms with Crippen LogP contribution in [0, 0.1) is 19.3 Å². The van der Waals surface area contributed by atoms with E-state index in [-0.39, 0.29) is 12.2 Å². The molecule has 0 spiro atoms. The lowest BCUT2D eigenvalue weighted by Gasteiger charge is -2.06. The lowest BCUT2D eigenvalue weighted by atomic mass is 10.1. The van der Waals surface area contributed by atoms with Gasteiger partial charge in [-0.25, -0.2) is 4.79 Å². The number of hydrogen-bond donors (Lipinski definition) is 1. The summed E-state index contributed by atoms with van der Waals surface area (Å²) in [4.78, 5) is 10.7. The van der Waals surface area contributed by atoms with Crippen LogP contribution in [0.4, 0.5) is 0 Å². The lowest BCUT2D eigenvalue weighted by Crippen LogP contribution is -2.00. The summed E-state index contributed by atoms with van der Waals surface area (Å²) in [5, 5.41) is 8.76. The molecule has 1 aromatic carbocycles. The van der Waals surface area contributed by atoms with E-state index in [2.05, 4.69) is 5.92 Å². The third kappa shape index (κ3) is 3.12. The molecule has 0 saturated heterocycles. The lowest BCUT2D eigenvalue weighted by molar-refractivity contribution is 0.0696. The van der Waals surface area contributed by atoms with Gasteiger partial charge in [-0.05, 0) is 30.2 Å². The smallest absolute Gasteiger partial charge is 0.335 e. The molecule has 0 radical (unpaired) electrons. The van der Waals surface area contributed by atoms with Crippen LogP contribution in [0.2, 0.25) is 0 Å². The molecular weight excluding hydrogens is 192 g/mol. The zero-order chi connectivity index (χ0) is 11.3. The fourth-order valence-corrected chi connectivity index (χ4v) is 1.21. The fraction of sp³-hybridized carbons (Fsp3) is 0.250. The molecule has 1 N–H and O–H groups in total. The van der Waals surface area contributed by atoms with Gasteiger partial charge in [0.25, 0.3) is 0 Å². The van der Waals surface area contributed by atoms with Gasteiger partial charge in [-0.3, -0.25) is 0 Å². The maximum atomic E-state index is 10.7. The van der Waals surface area contributed by atoms with Gasteiger partial charge >= 0.3 is 5.97 Å². The Morgan fingerprint density at radius 1 is 1.60 bits per heavy atom. The number of ether oxygens (including phenoxy) is 1. The molecule has 78 valence electrons. The van der Waals surface area contributed by atoms with Crippen molar-refractivity contribution in [2.75, 3.05) is 6.61 Å². The first-order chi connectivity index (χ1) is 7.15. The number of carboxylic acid groups (broad SMARTS) is 1. The van der Waals surface area contributed by atoms with E-state index >= 15 is 0 Å². The topological polar surface area (TPSA) is 46.5 Å². The molecule has 3 heteroatoms. The Hall–Kier alpha value is -1.79. The number of hydrogen-bond acceptors (Lipinski definition) is 2. The molecule has 0 aliphatic heterocycles. The van der Waals surface area contributed by atoms with Gasteiger partial charge in [-0.15, -0.1) is 6.42 Å². The van der Waals surface area contributed by atoms with E-state index in [0.29, 0.717) is 6.61 Å². The van der Waals surface area contributed by atoms with E-state index < -0.39 is 5.97 Å². The van der Waals surface area contributed by atoms with Crippen molar-refractivity contribution in [3.63, 3.8) is 0 Å². The van der Waals surface area contributed by atoms with Gasteiger partial charge in [-0.1, -0.05) is 12.0 Å². The van der Waals surface area contributed by atoms with Crippen molar-refractivity contribution >= 4 is 5.97 Å². The third-order valence-corrected chi connectivity index (χ3v) is 2.03. The second-order valence-electron chi connectivity index (χ2n) is 3.14. The van der Waals surface area contributed by atoms with Gasteiger partial charge in [0, 0.05) is 0 Å². The van der Waals surface area contributed by atoms with E-state index in [4.69, 9.17) is 16.3 Å². The molecule has 0 fully saturated rings. The maximum Gasteiger partial charge on any atom is 0.335 e. The van der Waals surface area contributed by atoms with Crippen LogP contribution >= 0.6 is 0 Å². The summed E-state index contributed by atoms with van der Waals surface area (Å²) in [6.07, 6.45) is 5.04. The summed E-state index contributed by atoms with van der Waals surface area (Å²) in [6, 6.07) is 4.93. The Morgan fingerprint density at radius 3 is 2.87 bits per heavy atom. The van der Waals surface area contributed by atoms with Crippen LogP contribution < -0.4 is 0 Å². The Morgan fingerprint density at radius 2 is 2.33 bits per heavy atom. The van der Waals surface area contributed by atoms with Gasteiger partial charge in [-0.2, -0.15) is 0 Å². The molecule has 1 aromatic rings. The van der Waals surface area contributed by atoms with Crippen LogP contribution in [0.15, 0.2) is 18.2 Å². The highest BCUT2D eigenvalue weighted by molar-refractivity contribution is 5.87. The standard InChI is InChI=1S/C12H12O3/c1-3-6-15-8-11-5-4-10(12(13)14)7-9(11)2/h1,4-5,7H,6,8H2,2H3,(H,13,14). The first-order valence-corrected chi connectivity index (χ1v) is 4.49. The molecule has 0 heterocycles. The zero-order valence-electron chi connectivity index (χ0n) is 8.49. The molecule has 0 aliphatic carbocycles. The van der Waals surface area contributed by atoms with Crippen LogP contribution in [-0.4, -0.2) is 17.7 Å². The number of benzene rings is 1. The maximum absolute atomic E-state index is 10.7. The van der Waals surface area contributed by atoms with Gasteiger partial charge < -0.3 is 9.84 Å². The molecule has 0 atom stereocenters. The van der Waals surface area contributed by atoms with Gasteiger partial charge in [0.05, 0.1) is 12.2 Å². The number of carbonyl (C=O) groups is 1. The Kier molecular flexibility index (Phi) is 3.90. The Bertz CT molecular complexity index is 402. The molecule has 0 saturated carbocycles. The quantitative estimate of drug-likeness (QED) is 0.601. The Labute approximate surface area is 88.7 Å². The van der Waals surface area contributed by atoms with Crippen molar-refractivity contribution in [1.29, 1.82) is 0 Å². The van der Waals surface area contributed by atoms with Crippen molar-refractivity contribution in [3.05, 3.63) is 34.9 Å². The fourth-order valence-electron chi connectivity index (χ4n) is 1.21. The summed E-state index contributed by atoms with van der Waals surface area (Å²) in [6.45, 7) is 2.52. The average Bonchev–Trinajstić information content (AvgIpc) is 2.20. The van der Waals surface area contributed by atoms with Crippen LogP contribution in [0.5, 0.6) is 0 Å². The number of aromatic carboxylic acids is 1. The van der Waals surface area contributed by atoms with Gasteiger partial charge in [0.2, 0.25) is 0 Å². The van der Waals surface area contributed by atoms with E-state index in [1.807, 2.05) is 6.92 Å². The van der Waals surface area contributed by atoms with Crippen LogP contribution in [0.3, 0.4) is 0 Å². The van der Waals surface area contributed by atoms with Gasteiger partial charge in [0.15, 0.2) is 0 Å². The van der Waals surface area contributed by atoms with E-state index in [0.717, 1.165) is 11.1 Å². The van der Waals surface area contributed by atoms with Crippen molar-refractivity contribution in [1.82, 2.24) is 0 Å². The first kappa shape index (κ1) is 11.3. The van der Waals surface area contributed by atoms with Crippen molar-refractivity contribution < 1.29 is 14.6 Å². The average molecular weight is 204 g/mol. The summed E-state index contributed by atoms with van der Waals surface area (Å²) < 4.78 is 5.17. The Balaban J connectivity index is 2.76. The second-order valence-corrected chi connectivity index (χ2v) is 3.14. The SMILES string of the molecule is C#CCOCc1ccc(C(=O)O)cc1C. The van der Waals surface area contributed by atoms with Crippen molar-refractivity contribution in [2.24, 2.45) is 0 Å². The third-order valence-electron chi connectivity index (χ3n) is 2.03. The van der Waals surface area contributed by atoms with Crippen LogP contribution in [0.25, 0.3) is 0 Å². The van der Waals surface area contributed by atoms with Crippen molar-refractivity contribution in [3.8, 4) is 12.3 Å². The van der Waals surface area contributed by atoms with E-state index in [9.17, 15) is 4.79 Å². The largest absolute Gasteiger partial charge is 0.478 e. The summed E-state index contributed by atoms with van der Waals surface area (Å²) >= 11 is 0. The number of carboxylic acids is 1. The molecule has 0 bridgehead atoms. The van der Waals surface area contributed by atoms with E-state index in [1.165, 1.54) is 0 Å². The van der Waals surface area contributed by atoms with Crippen LogP contribution in [-0.2, 0) is 11.3 Å². The minimum absolute atomic E-state index is 0.264. The minimum atomic E-state index is -0.922. The second kappa shape index (κ2) is 5.18. The minimum Gasteiger partial charge on any atom is -0.478 e. The molecule has 0 amide bonds. The normalized spacial score (nSPS) is 9.60. The number of terminal acetylenes is 1.